The maximum Gasteiger partial charge on any atom is 0.261 e. The van der Waals surface area contributed by atoms with Gasteiger partial charge in [0, 0.05) is 25.3 Å². The molecule has 158 valence electrons. The minimum absolute atomic E-state index is 0.0831. The van der Waals surface area contributed by atoms with Gasteiger partial charge in [-0.1, -0.05) is 52.0 Å². The molecule has 0 aromatic heterocycles. The molecule has 0 aliphatic rings. The molecule has 0 spiro atoms. The molecule has 0 heterocycles. The van der Waals surface area contributed by atoms with Crippen LogP contribution in [0.25, 0.3) is 0 Å². The lowest BCUT2D eigenvalue weighted by atomic mass is 9.87. The smallest absolute Gasteiger partial charge is 0.261 e. The van der Waals surface area contributed by atoms with Crippen molar-refractivity contribution < 1.29 is 9.53 Å². The molecule has 0 bridgehead atoms. The van der Waals surface area contributed by atoms with Crippen molar-refractivity contribution >= 4 is 11.6 Å². The Bertz CT molecular complexity index is 757. The van der Waals surface area contributed by atoms with Gasteiger partial charge < -0.3 is 15.0 Å². The van der Waals surface area contributed by atoms with E-state index in [9.17, 15) is 4.79 Å². The van der Waals surface area contributed by atoms with Gasteiger partial charge in [0.1, 0.15) is 5.75 Å². The van der Waals surface area contributed by atoms with Crippen molar-refractivity contribution in [2.45, 2.75) is 66.0 Å². The van der Waals surface area contributed by atoms with Crippen molar-refractivity contribution in [3.63, 3.8) is 0 Å². The maximum atomic E-state index is 12.6. The Morgan fingerprint density at radius 3 is 2.03 bits per heavy atom. The summed E-state index contributed by atoms with van der Waals surface area (Å²) >= 11 is 0. The number of carbonyl (C=O) groups excluding carboxylic acids is 1. The minimum Gasteiger partial charge on any atom is -0.481 e. The summed E-state index contributed by atoms with van der Waals surface area (Å²) in [4.78, 5) is 14.9. The van der Waals surface area contributed by atoms with E-state index in [0.717, 1.165) is 24.4 Å². The van der Waals surface area contributed by atoms with Crippen molar-refractivity contribution in [3.05, 3.63) is 59.7 Å². The van der Waals surface area contributed by atoms with Crippen LogP contribution in [-0.2, 0) is 16.8 Å². The summed E-state index contributed by atoms with van der Waals surface area (Å²) < 4.78 is 5.94. The Kier molecular flexibility index (Phi) is 8.12. The second-order valence-electron chi connectivity index (χ2n) is 8.35. The second-order valence-corrected chi connectivity index (χ2v) is 8.35. The number of rotatable bonds is 9. The lowest BCUT2D eigenvalue weighted by Gasteiger charge is -2.22. The minimum atomic E-state index is -0.495. The fourth-order valence-electron chi connectivity index (χ4n) is 3.24. The van der Waals surface area contributed by atoms with Crippen molar-refractivity contribution in [1.29, 1.82) is 0 Å². The van der Waals surface area contributed by atoms with Crippen LogP contribution in [0.1, 0.15) is 59.1 Å². The lowest BCUT2D eigenvalue weighted by molar-refractivity contribution is -0.128. The van der Waals surface area contributed by atoms with Crippen LogP contribution >= 0.6 is 0 Å². The van der Waals surface area contributed by atoms with Crippen LogP contribution in [0.3, 0.4) is 0 Å². The number of nitrogens with zero attached hydrogens (tertiary/aromatic N) is 1. The summed E-state index contributed by atoms with van der Waals surface area (Å²) in [6.45, 7) is 15.3. The quantitative estimate of drug-likeness (QED) is 0.625. The van der Waals surface area contributed by atoms with Crippen molar-refractivity contribution in [3.8, 4) is 5.75 Å². The predicted molar refractivity (Wildman–Crippen MR) is 122 cm³/mol. The number of carbonyl (C=O) groups is 1. The van der Waals surface area contributed by atoms with E-state index >= 15 is 0 Å². The molecule has 0 saturated heterocycles. The van der Waals surface area contributed by atoms with Crippen LogP contribution in [0.4, 0.5) is 5.69 Å². The largest absolute Gasteiger partial charge is 0.481 e. The summed E-state index contributed by atoms with van der Waals surface area (Å²) in [7, 11) is 0. The van der Waals surface area contributed by atoms with Gasteiger partial charge in [-0.15, -0.1) is 0 Å². The Labute approximate surface area is 176 Å². The average Bonchev–Trinajstić information content (AvgIpc) is 2.71. The van der Waals surface area contributed by atoms with Crippen molar-refractivity contribution in [2.24, 2.45) is 0 Å². The number of amides is 1. The third kappa shape index (κ3) is 6.52. The zero-order valence-corrected chi connectivity index (χ0v) is 18.8. The number of benzene rings is 2. The van der Waals surface area contributed by atoms with Gasteiger partial charge in [-0.2, -0.15) is 0 Å². The summed E-state index contributed by atoms with van der Waals surface area (Å²) in [5, 5.41) is 3.00. The van der Waals surface area contributed by atoms with E-state index in [4.69, 9.17) is 4.74 Å². The van der Waals surface area contributed by atoms with E-state index in [1.54, 1.807) is 0 Å². The van der Waals surface area contributed by atoms with Gasteiger partial charge in [0.15, 0.2) is 6.10 Å². The van der Waals surface area contributed by atoms with E-state index < -0.39 is 6.10 Å². The molecule has 0 radical (unpaired) electrons. The lowest BCUT2D eigenvalue weighted by Crippen LogP contribution is -2.37. The highest BCUT2D eigenvalue weighted by Gasteiger charge is 2.19. The molecule has 2 aromatic rings. The van der Waals surface area contributed by atoms with Crippen molar-refractivity contribution in [1.82, 2.24) is 5.32 Å². The number of nitrogens with one attached hydrogen (secondary N) is 1. The molecule has 29 heavy (non-hydrogen) atoms. The van der Waals surface area contributed by atoms with Gasteiger partial charge in [-0.3, -0.25) is 4.79 Å². The van der Waals surface area contributed by atoms with E-state index in [1.165, 1.54) is 11.3 Å². The molecule has 1 atom stereocenters. The monoisotopic (exact) mass is 396 g/mol. The van der Waals surface area contributed by atoms with E-state index in [0.29, 0.717) is 13.0 Å². The normalized spacial score (nSPS) is 12.3. The molecule has 2 rings (SSSR count). The third-order valence-electron chi connectivity index (χ3n) is 5.19. The van der Waals surface area contributed by atoms with Gasteiger partial charge in [0.2, 0.25) is 0 Å². The number of anilines is 1. The van der Waals surface area contributed by atoms with Gasteiger partial charge in [0.25, 0.3) is 5.91 Å². The second kappa shape index (κ2) is 10.3. The molecule has 1 N–H and O–H groups in total. The summed E-state index contributed by atoms with van der Waals surface area (Å²) in [6.07, 6.45) is 0.124. The zero-order valence-electron chi connectivity index (χ0n) is 18.8. The molecule has 0 unspecified atom stereocenters. The van der Waals surface area contributed by atoms with Crippen LogP contribution < -0.4 is 15.0 Å². The van der Waals surface area contributed by atoms with Gasteiger partial charge in [-0.25, -0.2) is 0 Å². The Hall–Kier alpha value is -2.49. The molecule has 4 nitrogen and oxygen atoms in total. The number of hydrogen-bond donors (Lipinski definition) is 1. The zero-order chi connectivity index (χ0) is 21.4. The maximum absolute atomic E-state index is 12.6. The third-order valence-corrected chi connectivity index (χ3v) is 5.19. The molecule has 0 aliphatic carbocycles. The topological polar surface area (TPSA) is 41.6 Å². The Morgan fingerprint density at radius 1 is 0.966 bits per heavy atom. The van der Waals surface area contributed by atoms with Crippen LogP contribution in [0, 0.1) is 0 Å². The van der Waals surface area contributed by atoms with Crippen molar-refractivity contribution in [2.75, 3.05) is 18.0 Å². The first kappa shape index (κ1) is 22.8. The summed E-state index contributed by atoms with van der Waals surface area (Å²) in [6, 6.07) is 16.4. The van der Waals surface area contributed by atoms with E-state index in [1.807, 2.05) is 19.1 Å². The Morgan fingerprint density at radius 2 is 1.55 bits per heavy atom. The van der Waals surface area contributed by atoms with E-state index in [-0.39, 0.29) is 11.3 Å². The highest BCUT2D eigenvalue weighted by Crippen LogP contribution is 2.25. The molecule has 1 amide bonds. The van der Waals surface area contributed by atoms with Gasteiger partial charge in [0.05, 0.1) is 0 Å². The van der Waals surface area contributed by atoms with Crippen LogP contribution in [-0.4, -0.2) is 25.1 Å². The fourth-order valence-corrected chi connectivity index (χ4v) is 3.24. The first-order valence-electron chi connectivity index (χ1n) is 10.7. The molecule has 0 fully saturated rings. The first-order chi connectivity index (χ1) is 13.8. The van der Waals surface area contributed by atoms with Gasteiger partial charge >= 0.3 is 0 Å². The van der Waals surface area contributed by atoms with Gasteiger partial charge in [-0.05, 0) is 61.1 Å². The molecule has 4 heteroatoms. The average molecular weight is 397 g/mol. The first-order valence-corrected chi connectivity index (χ1v) is 10.7. The number of ether oxygens (including phenoxy) is 1. The number of hydrogen-bond acceptors (Lipinski definition) is 3. The molecular weight excluding hydrogens is 360 g/mol. The Balaban J connectivity index is 1.92. The molecular formula is C25H36N2O2. The molecule has 2 aromatic carbocycles. The SMILES string of the molecule is CC[C@H](Oc1ccc(C(C)(C)C)cc1)C(=O)NCc1ccc(N(CC)CC)cc1. The summed E-state index contributed by atoms with van der Waals surface area (Å²) in [5.74, 6) is 0.642. The summed E-state index contributed by atoms with van der Waals surface area (Å²) in [5.41, 5.74) is 3.63. The highest BCUT2D eigenvalue weighted by atomic mass is 16.5. The van der Waals surface area contributed by atoms with Crippen LogP contribution in [0.2, 0.25) is 0 Å². The molecule has 0 saturated carbocycles. The highest BCUT2D eigenvalue weighted by molar-refractivity contribution is 5.81. The van der Waals surface area contributed by atoms with Crippen LogP contribution in [0.5, 0.6) is 5.75 Å². The molecule has 0 aliphatic heterocycles. The fraction of sp³-hybridized carbons (Fsp3) is 0.480. The van der Waals surface area contributed by atoms with E-state index in [2.05, 4.69) is 81.2 Å². The predicted octanol–water partition coefficient (Wildman–Crippen LogP) is 5.30. The van der Waals surface area contributed by atoms with Crippen LogP contribution in [0.15, 0.2) is 48.5 Å². The standard InChI is InChI=1S/C25H36N2O2/c1-7-23(29-22-16-12-20(13-17-22)25(4,5)6)24(28)26-18-19-10-14-21(15-11-19)27(8-2)9-3/h10-17,23H,7-9,18H2,1-6H3,(H,26,28)/t23-/m0/s1.